The second-order valence-electron chi connectivity index (χ2n) is 7.20. The van der Waals surface area contributed by atoms with Gasteiger partial charge in [-0.3, -0.25) is 4.79 Å². The van der Waals surface area contributed by atoms with Crippen LogP contribution in [0.15, 0.2) is 47.0 Å². The standard InChI is InChI=1S/C22H23FN4O4/c1-29-18-8-7-15(13-19(18)30-2)20-25-22(31-26-20)27-11-9-14(10-12-27)21(28)24-17-6-4-3-5-16(17)23/h3-8,13-14H,9-12H2,1-2H3,(H,24,28). The molecular formula is C22H23FN4O4. The first-order chi connectivity index (χ1) is 15.1. The first-order valence-corrected chi connectivity index (χ1v) is 9.95. The van der Waals surface area contributed by atoms with Crippen LogP contribution >= 0.6 is 0 Å². The third kappa shape index (κ3) is 4.45. The van der Waals surface area contributed by atoms with Crippen LogP contribution in [0.2, 0.25) is 0 Å². The Hall–Kier alpha value is -3.62. The van der Waals surface area contributed by atoms with Gasteiger partial charge in [-0.2, -0.15) is 4.98 Å². The molecule has 2 heterocycles. The summed E-state index contributed by atoms with van der Waals surface area (Å²) in [7, 11) is 3.14. The van der Waals surface area contributed by atoms with E-state index in [1.54, 1.807) is 44.6 Å². The van der Waals surface area contributed by atoms with Crippen LogP contribution in [-0.2, 0) is 4.79 Å². The predicted molar refractivity (Wildman–Crippen MR) is 113 cm³/mol. The van der Waals surface area contributed by atoms with Crippen LogP contribution in [0.5, 0.6) is 11.5 Å². The summed E-state index contributed by atoms with van der Waals surface area (Å²) in [6, 6.07) is 11.9. The molecule has 1 saturated heterocycles. The lowest BCUT2D eigenvalue weighted by Gasteiger charge is -2.29. The Balaban J connectivity index is 1.38. The molecule has 8 nitrogen and oxygen atoms in total. The van der Waals surface area contributed by atoms with E-state index in [1.807, 2.05) is 11.0 Å². The molecule has 0 saturated carbocycles. The lowest BCUT2D eigenvalue weighted by molar-refractivity contribution is -0.120. The van der Waals surface area contributed by atoms with E-state index < -0.39 is 5.82 Å². The third-order valence-electron chi connectivity index (χ3n) is 5.33. The van der Waals surface area contributed by atoms with Gasteiger partial charge in [0.25, 0.3) is 0 Å². The van der Waals surface area contributed by atoms with Crippen molar-refractivity contribution in [3.05, 3.63) is 48.3 Å². The normalized spacial score (nSPS) is 14.4. The van der Waals surface area contributed by atoms with Crippen LogP contribution < -0.4 is 19.7 Å². The van der Waals surface area contributed by atoms with E-state index in [4.69, 9.17) is 14.0 Å². The maximum absolute atomic E-state index is 13.8. The van der Waals surface area contributed by atoms with Crippen molar-refractivity contribution < 1.29 is 23.2 Å². The van der Waals surface area contributed by atoms with Crippen molar-refractivity contribution >= 4 is 17.6 Å². The molecule has 0 bridgehead atoms. The highest BCUT2D eigenvalue weighted by Crippen LogP contribution is 2.32. The number of carbonyl (C=O) groups is 1. The molecule has 0 unspecified atom stereocenters. The van der Waals surface area contributed by atoms with Crippen LogP contribution in [0, 0.1) is 11.7 Å². The molecule has 4 rings (SSSR count). The SMILES string of the molecule is COc1ccc(-c2noc(N3CCC(C(=O)Nc4ccccc4F)CC3)n2)cc1OC. The zero-order chi connectivity index (χ0) is 21.8. The average molecular weight is 426 g/mol. The maximum Gasteiger partial charge on any atom is 0.324 e. The number of carbonyl (C=O) groups excluding carboxylic acids is 1. The van der Waals surface area contributed by atoms with E-state index in [9.17, 15) is 9.18 Å². The van der Waals surface area contributed by atoms with Crippen LogP contribution in [0.25, 0.3) is 11.4 Å². The number of halogens is 1. The van der Waals surface area contributed by atoms with Gasteiger partial charge in [0.15, 0.2) is 11.5 Å². The molecule has 1 aliphatic rings. The number of piperidine rings is 1. The fraction of sp³-hybridized carbons (Fsp3) is 0.318. The van der Waals surface area contributed by atoms with Gasteiger partial charge in [0.1, 0.15) is 5.82 Å². The number of methoxy groups -OCH3 is 2. The van der Waals surface area contributed by atoms with E-state index in [0.717, 1.165) is 5.56 Å². The van der Waals surface area contributed by atoms with Gasteiger partial charge in [-0.1, -0.05) is 17.3 Å². The minimum atomic E-state index is -0.443. The summed E-state index contributed by atoms with van der Waals surface area (Å²) in [5, 5.41) is 6.74. The number of amides is 1. The van der Waals surface area contributed by atoms with E-state index in [1.165, 1.54) is 6.07 Å². The first-order valence-electron chi connectivity index (χ1n) is 9.95. The number of hydrogen-bond donors (Lipinski definition) is 1. The summed E-state index contributed by atoms with van der Waals surface area (Å²) in [6.45, 7) is 1.17. The van der Waals surface area contributed by atoms with Crippen molar-refractivity contribution in [3.8, 4) is 22.9 Å². The van der Waals surface area contributed by atoms with Gasteiger partial charge in [-0.25, -0.2) is 4.39 Å². The lowest BCUT2D eigenvalue weighted by Crippen LogP contribution is -2.38. The number of para-hydroxylation sites is 1. The Morgan fingerprint density at radius 3 is 2.58 bits per heavy atom. The maximum atomic E-state index is 13.8. The number of aromatic nitrogens is 2. The van der Waals surface area contributed by atoms with Crippen LogP contribution in [0.3, 0.4) is 0 Å². The Morgan fingerprint density at radius 2 is 1.87 bits per heavy atom. The largest absolute Gasteiger partial charge is 0.493 e. The highest BCUT2D eigenvalue weighted by molar-refractivity contribution is 5.92. The molecule has 9 heteroatoms. The van der Waals surface area contributed by atoms with Crippen molar-refractivity contribution in [2.45, 2.75) is 12.8 Å². The van der Waals surface area contributed by atoms with Gasteiger partial charge in [0, 0.05) is 24.6 Å². The molecule has 1 N–H and O–H groups in total. The van der Waals surface area contributed by atoms with Crippen molar-refractivity contribution in [2.75, 3.05) is 37.5 Å². The van der Waals surface area contributed by atoms with E-state index in [-0.39, 0.29) is 17.5 Å². The highest BCUT2D eigenvalue weighted by Gasteiger charge is 2.28. The number of ether oxygens (including phenoxy) is 2. The third-order valence-corrected chi connectivity index (χ3v) is 5.33. The van der Waals surface area contributed by atoms with Crippen LogP contribution in [0.4, 0.5) is 16.1 Å². The molecule has 0 atom stereocenters. The van der Waals surface area contributed by atoms with Crippen LogP contribution in [0.1, 0.15) is 12.8 Å². The summed E-state index contributed by atoms with van der Waals surface area (Å²) in [4.78, 5) is 18.9. The van der Waals surface area contributed by atoms with Gasteiger partial charge in [0.05, 0.1) is 19.9 Å². The summed E-state index contributed by atoms with van der Waals surface area (Å²) in [5.74, 6) is 0.807. The molecular weight excluding hydrogens is 403 g/mol. The van der Waals surface area contributed by atoms with Gasteiger partial charge < -0.3 is 24.2 Å². The molecule has 0 aliphatic carbocycles. The Morgan fingerprint density at radius 1 is 1.13 bits per heavy atom. The number of nitrogens with zero attached hydrogens (tertiary/aromatic N) is 3. The minimum Gasteiger partial charge on any atom is -0.493 e. The summed E-state index contributed by atoms with van der Waals surface area (Å²) < 4.78 is 29.8. The number of anilines is 2. The van der Waals surface area contributed by atoms with E-state index in [0.29, 0.717) is 49.3 Å². The molecule has 0 spiro atoms. The van der Waals surface area contributed by atoms with Crippen molar-refractivity contribution in [2.24, 2.45) is 5.92 Å². The Bertz CT molecular complexity index is 1060. The van der Waals surface area contributed by atoms with Gasteiger partial charge in [0.2, 0.25) is 11.7 Å². The first kappa shape index (κ1) is 20.6. The van der Waals surface area contributed by atoms with Gasteiger partial charge in [-0.05, 0) is 43.2 Å². The molecule has 1 aliphatic heterocycles. The lowest BCUT2D eigenvalue weighted by atomic mass is 9.96. The summed E-state index contributed by atoms with van der Waals surface area (Å²) in [6.07, 6.45) is 1.21. The molecule has 162 valence electrons. The number of nitrogens with one attached hydrogen (secondary N) is 1. The molecule has 3 aromatic rings. The smallest absolute Gasteiger partial charge is 0.324 e. The number of hydrogen-bond acceptors (Lipinski definition) is 7. The second-order valence-corrected chi connectivity index (χ2v) is 7.20. The average Bonchev–Trinajstić information content (AvgIpc) is 3.30. The summed E-state index contributed by atoms with van der Waals surface area (Å²) in [5.41, 5.74) is 0.943. The monoisotopic (exact) mass is 426 g/mol. The van der Waals surface area contributed by atoms with Crippen molar-refractivity contribution in [3.63, 3.8) is 0 Å². The van der Waals surface area contributed by atoms with E-state index >= 15 is 0 Å². The van der Waals surface area contributed by atoms with Gasteiger partial charge in [-0.15, -0.1) is 0 Å². The molecule has 2 aromatic carbocycles. The fourth-order valence-corrected chi connectivity index (χ4v) is 3.57. The molecule has 1 fully saturated rings. The fourth-order valence-electron chi connectivity index (χ4n) is 3.57. The van der Waals surface area contributed by atoms with Crippen molar-refractivity contribution in [1.29, 1.82) is 0 Å². The minimum absolute atomic E-state index is 0.179. The number of benzene rings is 2. The topological polar surface area (TPSA) is 89.7 Å². The van der Waals surface area contributed by atoms with Crippen LogP contribution in [-0.4, -0.2) is 43.4 Å². The molecule has 1 amide bonds. The summed E-state index contributed by atoms with van der Waals surface area (Å²) >= 11 is 0. The molecule has 0 radical (unpaired) electrons. The van der Waals surface area contributed by atoms with E-state index in [2.05, 4.69) is 15.5 Å². The Labute approximate surface area is 179 Å². The Kier molecular flexibility index (Phi) is 6.01. The quantitative estimate of drug-likeness (QED) is 0.642. The zero-order valence-corrected chi connectivity index (χ0v) is 17.3. The molecule has 1 aromatic heterocycles. The molecule has 31 heavy (non-hydrogen) atoms. The van der Waals surface area contributed by atoms with Gasteiger partial charge >= 0.3 is 6.01 Å². The predicted octanol–water partition coefficient (Wildman–Crippen LogP) is 3.75. The highest BCUT2D eigenvalue weighted by atomic mass is 19.1. The van der Waals surface area contributed by atoms with Crippen molar-refractivity contribution in [1.82, 2.24) is 10.1 Å². The zero-order valence-electron chi connectivity index (χ0n) is 17.3. The second kappa shape index (κ2) is 9.03. The number of rotatable bonds is 6.